The Morgan fingerprint density at radius 1 is 1.20 bits per heavy atom. The molecule has 20 heavy (non-hydrogen) atoms. The number of nitrogens with one attached hydrogen (secondary N) is 1. The Bertz CT molecular complexity index is 383. The Morgan fingerprint density at radius 3 is 2.55 bits per heavy atom. The van der Waals surface area contributed by atoms with Gasteiger partial charge in [0.25, 0.3) is 0 Å². The topological polar surface area (TPSA) is 15.3 Å². The molecule has 2 unspecified atom stereocenters. The molecule has 1 aliphatic heterocycles. The van der Waals surface area contributed by atoms with Gasteiger partial charge in [-0.15, -0.1) is 0 Å². The maximum atomic E-state index is 3.37. The summed E-state index contributed by atoms with van der Waals surface area (Å²) in [4.78, 5) is 2.74. The van der Waals surface area contributed by atoms with Crippen LogP contribution < -0.4 is 5.32 Å². The quantitative estimate of drug-likeness (QED) is 0.849. The average Bonchev–Trinajstić information content (AvgIpc) is 2.51. The minimum absolute atomic E-state index is 0.583. The number of likely N-dealkylation sites (N-methyl/N-ethyl adjacent to an activating group) is 1. The van der Waals surface area contributed by atoms with Gasteiger partial charge < -0.3 is 5.32 Å². The zero-order valence-electron chi connectivity index (χ0n) is 13.4. The van der Waals surface area contributed by atoms with E-state index in [1.165, 1.54) is 43.4 Å². The Kier molecular flexibility index (Phi) is 6.06. The summed E-state index contributed by atoms with van der Waals surface area (Å²) in [6, 6.07) is 10.6. The van der Waals surface area contributed by atoms with Gasteiger partial charge in [-0.05, 0) is 50.4 Å². The van der Waals surface area contributed by atoms with Crippen molar-refractivity contribution in [1.82, 2.24) is 10.2 Å². The van der Waals surface area contributed by atoms with Crippen LogP contribution in [0.2, 0.25) is 0 Å². The van der Waals surface area contributed by atoms with Crippen molar-refractivity contribution >= 4 is 0 Å². The van der Waals surface area contributed by atoms with Gasteiger partial charge in [-0.2, -0.15) is 0 Å². The van der Waals surface area contributed by atoms with E-state index in [-0.39, 0.29) is 0 Å². The average molecular weight is 274 g/mol. The molecule has 1 fully saturated rings. The highest BCUT2D eigenvalue weighted by molar-refractivity contribution is 5.25. The Morgan fingerprint density at radius 2 is 1.95 bits per heavy atom. The zero-order chi connectivity index (χ0) is 14.4. The first-order valence-corrected chi connectivity index (χ1v) is 8.29. The molecule has 1 aromatic rings. The van der Waals surface area contributed by atoms with Crippen molar-refractivity contribution in [1.29, 1.82) is 0 Å². The minimum atomic E-state index is 0.583. The Balaban J connectivity index is 2.15. The zero-order valence-corrected chi connectivity index (χ0v) is 13.4. The van der Waals surface area contributed by atoms with Gasteiger partial charge in [0, 0.05) is 18.6 Å². The molecule has 0 aromatic heterocycles. The molecule has 0 amide bonds. The summed E-state index contributed by atoms with van der Waals surface area (Å²) < 4.78 is 0. The second kappa shape index (κ2) is 7.80. The second-order valence-electron chi connectivity index (χ2n) is 5.96. The van der Waals surface area contributed by atoms with Gasteiger partial charge in [0.1, 0.15) is 0 Å². The number of likely N-dealkylation sites (tertiary alicyclic amines) is 1. The van der Waals surface area contributed by atoms with E-state index in [1.807, 2.05) is 0 Å². The van der Waals surface area contributed by atoms with Gasteiger partial charge in [0.2, 0.25) is 0 Å². The highest BCUT2D eigenvalue weighted by atomic mass is 15.2. The first-order valence-electron chi connectivity index (χ1n) is 8.29. The molecule has 0 spiro atoms. The van der Waals surface area contributed by atoms with E-state index in [0.29, 0.717) is 12.1 Å². The van der Waals surface area contributed by atoms with Crippen LogP contribution in [0, 0.1) is 0 Å². The third-order valence-electron chi connectivity index (χ3n) is 4.67. The lowest BCUT2D eigenvalue weighted by molar-refractivity contribution is 0.0917. The van der Waals surface area contributed by atoms with Crippen LogP contribution in [0.25, 0.3) is 0 Å². The molecule has 2 heteroatoms. The molecule has 1 N–H and O–H groups in total. The third kappa shape index (κ3) is 3.62. The van der Waals surface area contributed by atoms with E-state index in [1.54, 1.807) is 0 Å². The molecule has 0 radical (unpaired) electrons. The molecule has 0 bridgehead atoms. The monoisotopic (exact) mass is 274 g/mol. The summed E-state index contributed by atoms with van der Waals surface area (Å²) in [6.07, 6.45) is 6.40. The van der Waals surface area contributed by atoms with Gasteiger partial charge >= 0.3 is 0 Å². The summed E-state index contributed by atoms with van der Waals surface area (Å²) >= 11 is 0. The fourth-order valence-corrected chi connectivity index (χ4v) is 3.53. The van der Waals surface area contributed by atoms with E-state index in [2.05, 4.69) is 55.4 Å². The first kappa shape index (κ1) is 15.5. The molecular weight excluding hydrogens is 244 g/mol. The van der Waals surface area contributed by atoms with Crippen LogP contribution >= 0.6 is 0 Å². The summed E-state index contributed by atoms with van der Waals surface area (Å²) in [5.41, 5.74) is 2.93. The molecule has 0 saturated carbocycles. The van der Waals surface area contributed by atoms with Crippen LogP contribution in [0.5, 0.6) is 0 Å². The van der Waals surface area contributed by atoms with Crippen LogP contribution in [0.15, 0.2) is 24.3 Å². The van der Waals surface area contributed by atoms with Crippen molar-refractivity contribution in [3.63, 3.8) is 0 Å². The molecule has 1 heterocycles. The number of hydrogen-bond acceptors (Lipinski definition) is 2. The number of piperidine rings is 1. The largest absolute Gasteiger partial charge is 0.318 e. The molecule has 2 rings (SSSR count). The number of nitrogens with zero attached hydrogens (tertiary/aromatic N) is 1. The van der Waals surface area contributed by atoms with Crippen molar-refractivity contribution in [2.75, 3.05) is 20.1 Å². The van der Waals surface area contributed by atoms with E-state index in [9.17, 15) is 0 Å². The van der Waals surface area contributed by atoms with Gasteiger partial charge in [-0.25, -0.2) is 0 Å². The number of hydrogen-bond donors (Lipinski definition) is 1. The highest BCUT2D eigenvalue weighted by Crippen LogP contribution is 2.31. The van der Waals surface area contributed by atoms with Gasteiger partial charge in [-0.1, -0.05) is 44.5 Å². The summed E-state index contributed by atoms with van der Waals surface area (Å²) in [5, 5.41) is 3.37. The fraction of sp³-hybridized carbons (Fsp3) is 0.667. The normalized spacial score (nSPS) is 21.9. The molecule has 1 aliphatic rings. The number of benzene rings is 1. The van der Waals surface area contributed by atoms with Crippen molar-refractivity contribution in [2.24, 2.45) is 0 Å². The van der Waals surface area contributed by atoms with Gasteiger partial charge in [-0.3, -0.25) is 4.90 Å². The second-order valence-corrected chi connectivity index (χ2v) is 5.96. The number of aryl methyl sites for hydroxylation is 1. The lowest BCUT2D eigenvalue weighted by atomic mass is 9.94. The van der Waals surface area contributed by atoms with E-state index in [4.69, 9.17) is 0 Å². The predicted octanol–water partition coefficient (Wildman–Crippen LogP) is 3.77. The highest BCUT2D eigenvalue weighted by Gasteiger charge is 2.28. The predicted molar refractivity (Wildman–Crippen MR) is 87.1 cm³/mol. The standard InChI is InChI=1S/C18H30N2/c1-4-15-9-11-16(12-10-15)18(5-2)20-13-7-6-8-17(20)14-19-3/h9-12,17-19H,4-8,13-14H2,1-3H3. The van der Waals surface area contributed by atoms with Crippen molar-refractivity contribution in [2.45, 2.75) is 58.0 Å². The lowest BCUT2D eigenvalue weighted by Gasteiger charge is -2.41. The molecule has 2 nitrogen and oxygen atoms in total. The maximum absolute atomic E-state index is 3.37. The maximum Gasteiger partial charge on any atom is 0.0348 e. The Hall–Kier alpha value is -0.860. The first-order chi connectivity index (χ1) is 9.80. The van der Waals surface area contributed by atoms with Crippen LogP contribution in [-0.4, -0.2) is 31.1 Å². The van der Waals surface area contributed by atoms with Gasteiger partial charge in [0.15, 0.2) is 0 Å². The molecule has 1 aromatic carbocycles. The molecule has 0 aliphatic carbocycles. The lowest BCUT2D eigenvalue weighted by Crippen LogP contribution is -2.46. The summed E-state index contributed by atoms with van der Waals surface area (Å²) in [6.45, 7) is 6.91. The number of rotatable bonds is 6. The summed E-state index contributed by atoms with van der Waals surface area (Å²) in [5.74, 6) is 0. The van der Waals surface area contributed by atoms with E-state index < -0.39 is 0 Å². The summed E-state index contributed by atoms with van der Waals surface area (Å²) in [7, 11) is 2.07. The molecular formula is C18H30N2. The van der Waals surface area contributed by atoms with Crippen LogP contribution in [0.4, 0.5) is 0 Å². The smallest absolute Gasteiger partial charge is 0.0348 e. The fourth-order valence-electron chi connectivity index (χ4n) is 3.53. The van der Waals surface area contributed by atoms with E-state index >= 15 is 0 Å². The van der Waals surface area contributed by atoms with Crippen molar-refractivity contribution in [3.8, 4) is 0 Å². The van der Waals surface area contributed by atoms with E-state index in [0.717, 1.165) is 13.0 Å². The minimum Gasteiger partial charge on any atom is -0.318 e. The molecule has 1 saturated heterocycles. The SMILES string of the molecule is CCc1ccc(C(CC)N2CCCCC2CNC)cc1. The Labute approximate surface area is 124 Å². The third-order valence-corrected chi connectivity index (χ3v) is 4.67. The van der Waals surface area contributed by atoms with Crippen molar-refractivity contribution < 1.29 is 0 Å². The van der Waals surface area contributed by atoms with Crippen LogP contribution in [-0.2, 0) is 6.42 Å². The van der Waals surface area contributed by atoms with Gasteiger partial charge in [0.05, 0.1) is 0 Å². The molecule has 2 atom stereocenters. The molecule has 112 valence electrons. The van der Waals surface area contributed by atoms with Crippen LogP contribution in [0.3, 0.4) is 0 Å². The van der Waals surface area contributed by atoms with Crippen LogP contribution in [0.1, 0.15) is 56.7 Å². The van der Waals surface area contributed by atoms with Crippen molar-refractivity contribution in [3.05, 3.63) is 35.4 Å².